The summed E-state index contributed by atoms with van der Waals surface area (Å²) in [5.41, 5.74) is 3.21. The maximum atomic E-state index is 12.7. The summed E-state index contributed by atoms with van der Waals surface area (Å²) < 4.78 is 5.95. The molecule has 4 atom stereocenters. The molecule has 0 aliphatic heterocycles. The third kappa shape index (κ3) is 8.83. The fraction of sp³-hybridized carbons (Fsp3) is 0.162. The summed E-state index contributed by atoms with van der Waals surface area (Å²) >= 11 is 0. The van der Waals surface area contributed by atoms with Gasteiger partial charge in [-0.1, -0.05) is 60.7 Å². The molecule has 4 amide bonds. The smallest absolute Gasteiger partial charge is 0.254 e. The van der Waals surface area contributed by atoms with E-state index in [1.54, 1.807) is 115 Å². The minimum atomic E-state index is -1.39. The Labute approximate surface area is 282 Å². The van der Waals surface area contributed by atoms with E-state index in [2.05, 4.69) is 26.3 Å². The zero-order chi connectivity index (χ0) is 34.9. The van der Waals surface area contributed by atoms with Crippen LogP contribution in [0.2, 0.25) is 0 Å². The molecule has 12 heteroatoms. The zero-order valence-electron chi connectivity index (χ0n) is 26.7. The van der Waals surface area contributed by atoms with Gasteiger partial charge in [-0.2, -0.15) is 0 Å². The zero-order valence-corrected chi connectivity index (χ0v) is 26.7. The number of nitrogens with zero attached hydrogens (tertiary/aromatic N) is 1. The van der Waals surface area contributed by atoms with Gasteiger partial charge in [-0.25, -0.2) is 4.98 Å². The normalized spacial score (nSPS) is 13.3. The number of rotatable bonds is 12. The number of aliphatic hydroxyl groups is 2. The highest BCUT2D eigenvalue weighted by molar-refractivity contribution is 5.98. The highest BCUT2D eigenvalue weighted by Crippen LogP contribution is 2.28. The number of carbonyl (C=O) groups is 4. The van der Waals surface area contributed by atoms with Crippen LogP contribution in [-0.2, 0) is 19.2 Å². The van der Waals surface area contributed by atoms with Gasteiger partial charge in [0, 0.05) is 22.5 Å². The van der Waals surface area contributed by atoms with Crippen LogP contribution in [0.25, 0.3) is 22.8 Å². The quantitative estimate of drug-likeness (QED) is 0.114. The molecule has 0 spiro atoms. The second-order valence-electron chi connectivity index (χ2n) is 11.2. The average Bonchev–Trinajstić information content (AvgIpc) is 3.62. The van der Waals surface area contributed by atoms with Crippen molar-refractivity contribution in [3.05, 3.63) is 127 Å². The van der Waals surface area contributed by atoms with Crippen LogP contribution in [0.5, 0.6) is 0 Å². The van der Waals surface area contributed by atoms with Gasteiger partial charge in [0.25, 0.3) is 11.8 Å². The number of anilines is 2. The van der Waals surface area contributed by atoms with E-state index < -0.39 is 47.9 Å². The molecule has 0 aliphatic rings. The van der Waals surface area contributed by atoms with Crippen molar-refractivity contribution in [1.29, 1.82) is 0 Å². The largest absolute Gasteiger partial charge is 0.436 e. The third-order valence-corrected chi connectivity index (χ3v) is 7.57. The molecule has 12 nitrogen and oxygen atoms in total. The molecule has 0 fully saturated rings. The van der Waals surface area contributed by atoms with E-state index in [0.29, 0.717) is 45.3 Å². The van der Waals surface area contributed by atoms with Crippen molar-refractivity contribution in [1.82, 2.24) is 15.6 Å². The monoisotopic (exact) mass is 661 g/mol. The number of hydrogen-bond donors (Lipinski definition) is 6. The lowest BCUT2D eigenvalue weighted by molar-refractivity contribution is -0.132. The summed E-state index contributed by atoms with van der Waals surface area (Å²) in [6.07, 6.45) is -1.21. The Morgan fingerprint density at radius 2 is 0.980 bits per heavy atom. The minimum Gasteiger partial charge on any atom is -0.436 e. The lowest BCUT2D eigenvalue weighted by Crippen LogP contribution is -2.43. The van der Waals surface area contributed by atoms with Crippen molar-refractivity contribution >= 4 is 35.0 Å². The lowest BCUT2D eigenvalue weighted by atomic mass is 10.1. The molecule has 1 heterocycles. The fourth-order valence-electron chi connectivity index (χ4n) is 4.75. The van der Waals surface area contributed by atoms with Crippen LogP contribution in [0.15, 0.2) is 120 Å². The van der Waals surface area contributed by atoms with E-state index >= 15 is 0 Å². The molecule has 0 saturated carbocycles. The van der Waals surface area contributed by atoms with Crippen LogP contribution in [0.4, 0.5) is 11.4 Å². The van der Waals surface area contributed by atoms with Crippen molar-refractivity contribution in [2.24, 2.45) is 0 Å². The van der Waals surface area contributed by atoms with Gasteiger partial charge in [-0.3, -0.25) is 19.2 Å². The first-order chi connectivity index (χ1) is 23.6. The van der Waals surface area contributed by atoms with E-state index in [-0.39, 0.29) is 0 Å². The molecule has 0 unspecified atom stereocenters. The molecule has 0 saturated heterocycles. The molecule has 49 heavy (non-hydrogen) atoms. The number of nitrogens with one attached hydrogen (secondary N) is 4. The molecule has 5 aromatic rings. The van der Waals surface area contributed by atoms with Gasteiger partial charge in [0.2, 0.25) is 17.7 Å². The average molecular weight is 662 g/mol. The Bertz CT molecular complexity index is 1760. The van der Waals surface area contributed by atoms with Crippen LogP contribution < -0.4 is 21.3 Å². The highest BCUT2D eigenvalue weighted by atomic mass is 16.4. The molecule has 0 bridgehead atoms. The van der Waals surface area contributed by atoms with Crippen LogP contribution in [0.1, 0.15) is 37.2 Å². The lowest BCUT2D eigenvalue weighted by Gasteiger charge is -2.17. The topological polar surface area (TPSA) is 183 Å². The van der Waals surface area contributed by atoms with Gasteiger partial charge in [-0.05, 0) is 73.5 Å². The minimum absolute atomic E-state index is 0.350. The Kier molecular flexibility index (Phi) is 10.9. The molecular weight excluding hydrogens is 626 g/mol. The van der Waals surface area contributed by atoms with Gasteiger partial charge < -0.3 is 35.9 Å². The van der Waals surface area contributed by atoms with Gasteiger partial charge >= 0.3 is 0 Å². The Morgan fingerprint density at radius 3 is 1.41 bits per heavy atom. The maximum Gasteiger partial charge on any atom is 0.254 e. The highest BCUT2D eigenvalue weighted by Gasteiger charge is 2.23. The van der Waals surface area contributed by atoms with Gasteiger partial charge in [-0.15, -0.1) is 0 Å². The van der Waals surface area contributed by atoms with E-state index in [4.69, 9.17) is 4.42 Å². The summed E-state index contributed by atoms with van der Waals surface area (Å²) in [6.45, 7) is 3.05. The summed E-state index contributed by atoms with van der Waals surface area (Å²) in [5, 5.41) is 31.0. The maximum absolute atomic E-state index is 12.7. The van der Waals surface area contributed by atoms with Crippen molar-refractivity contribution in [2.45, 2.75) is 38.1 Å². The van der Waals surface area contributed by atoms with Gasteiger partial charge in [0.05, 0.1) is 6.20 Å². The van der Waals surface area contributed by atoms with Crippen molar-refractivity contribution in [3.8, 4) is 22.8 Å². The van der Waals surface area contributed by atoms with Crippen LogP contribution >= 0.6 is 0 Å². The summed E-state index contributed by atoms with van der Waals surface area (Å²) in [6, 6.07) is 28.8. The van der Waals surface area contributed by atoms with E-state index in [1.165, 1.54) is 13.8 Å². The Balaban J connectivity index is 1.12. The Hall–Kier alpha value is -6.11. The SMILES string of the molecule is C[C@H](NC(=O)[C@H](O)c1ccccc1)C(=O)Nc1ccc(-c2cnc(-c3ccc(NC(=O)[C@H](C)NC(=O)[C@H](O)c4ccccc4)cc3)o2)cc1. The molecule has 0 aliphatic carbocycles. The summed E-state index contributed by atoms with van der Waals surface area (Å²) in [7, 11) is 0. The van der Waals surface area contributed by atoms with E-state index in [1.807, 2.05) is 0 Å². The first-order valence-corrected chi connectivity index (χ1v) is 15.4. The predicted octanol–water partition coefficient (Wildman–Crippen LogP) is 4.36. The molecule has 4 aromatic carbocycles. The first kappa shape index (κ1) is 34.2. The molecule has 0 radical (unpaired) electrons. The van der Waals surface area contributed by atoms with Crippen molar-refractivity contribution < 1.29 is 33.8 Å². The molecule has 1 aromatic heterocycles. The molecule has 5 rings (SSSR count). The summed E-state index contributed by atoms with van der Waals surface area (Å²) in [4.78, 5) is 54.5. The molecular formula is C37H35N5O7. The van der Waals surface area contributed by atoms with Crippen molar-refractivity contribution in [3.63, 3.8) is 0 Å². The number of oxazole rings is 1. The number of aromatic nitrogens is 1. The summed E-state index contributed by atoms with van der Waals surface area (Å²) in [5.74, 6) is -1.43. The second-order valence-corrected chi connectivity index (χ2v) is 11.2. The number of benzene rings is 4. The van der Waals surface area contributed by atoms with Crippen LogP contribution in [0, 0.1) is 0 Å². The molecule has 6 N–H and O–H groups in total. The van der Waals surface area contributed by atoms with E-state index in [0.717, 1.165) is 0 Å². The van der Waals surface area contributed by atoms with Crippen LogP contribution in [0.3, 0.4) is 0 Å². The van der Waals surface area contributed by atoms with Gasteiger partial charge in [0.15, 0.2) is 18.0 Å². The second kappa shape index (κ2) is 15.7. The fourth-order valence-corrected chi connectivity index (χ4v) is 4.75. The third-order valence-electron chi connectivity index (χ3n) is 7.57. The number of aliphatic hydroxyl groups excluding tert-OH is 2. The van der Waals surface area contributed by atoms with Crippen LogP contribution in [-0.4, -0.2) is 50.9 Å². The molecule has 250 valence electrons. The standard InChI is InChI=1S/C37H35N5O7/c1-22(39-35(47)31(43)25-9-5-3-6-10-25)33(45)41-28-17-13-24(14-18-28)30-21-38-37(49-30)27-15-19-29(20-16-27)42-34(46)23(2)40-36(48)32(44)26-11-7-4-8-12-26/h3-23,31-32,43-44H,1-2H3,(H,39,47)(H,40,48)(H,41,45)(H,42,46)/t22-,23-,31+,32+/m0/s1. The van der Waals surface area contributed by atoms with Crippen molar-refractivity contribution in [2.75, 3.05) is 10.6 Å². The number of amides is 4. The first-order valence-electron chi connectivity index (χ1n) is 15.4. The number of carbonyl (C=O) groups excluding carboxylic acids is 4. The predicted molar refractivity (Wildman–Crippen MR) is 183 cm³/mol. The van der Waals surface area contributed by atoms with Gasteiger partial charge in [0.1, 0.15) is 12.1 Å². The Morgan fingerprint density at radius 1 is 0.571 bits per heavy atom. The van der Waals surface area contributed by atoms with E-state index in [9.17, 15) is 29.4 Å². The number of hydrogen-bond acceptors (Lipinski definition) is 8.